The molecule has 220 valence electrons. The van der Waals surface area contributed by atoms with Gasteiger partial charge >= 0.3 is 0 Å². The predicted octanol–water partition coefficient (Wildman–Crippen LogP) is 5.23. The van der Waals surface area contributed by atoms with Crippen LogP contribution in [0, 0.1) is 13.8 Å². The maximum atomic E-state index is 14.1. The lowest BCUT2D eigenvalue weighted by molar-refractivity contribution is -0.140. The van der Waals surface area contributed by atoms with Crippen LogP contribution < -0.4 is 14.4 Å². The summed E-state index contributed by atoms with van der Waals surface area (Å²) in [6.45, 7) is 9.13. The largest absolute Gasteiger partial charge is 0.497 e. The quantitative estimate of drug-likeness (QED) is 0.299. The molecule has 0 spiro atoms. The van der Waals surface area contributed by atoms with E-state index < -0.39 is 28.5 Å². The molecule has 3 rings (SSSR count). The molecular formula is C32H41N3O5S. The fraction of sp³-hybridized carbons (Fsp3) is 0.375. The number of sulfonamides is 1. The van der Waals surface area contributed by atoms with Crippen LogP contribution in [0.4, 0.5) is 5.69 Å². The minimum absolute atomic E-state index is 0.0693. The van der Waals surface area contributed by atoms with Crippen molar-refractivity contribution in [3.8, 4) is 5.75 Å². The number of hydrogen-bond donors (Lipinski definition) is 1. The molecule has 2 unspecified atom stereocenters. The zero-order valence-corrected chi connectivity index (χ0v) is 25.6. The Kier molecular flexibility index (Phi) is 10.9. The SMILES string of the molecule is CCC(C)NC(=O)C(CC)N(Cc1ccc(OC)cc1)C(=O)CN(c1cccc(C)c1)S(=O)(=O)c1ccc(C)cc1. The van der Waals surface area contributed by atoms with Crippen LogP contribution in [0.3, 0.4) is 0 Å². The number of nitrogens with one attached hydrogen (secondary N) is 1. The number of carbonyl (C=O) groups is 2. The van der Waals surface area contributed by atoms with Gasteiger partial charge in [0.15, 0.2) is 0 Å². The number of carbonyl (C=O) groups excluding carboxylic acids is 2. The monoisotopic (exact) mass is 579 g/mol. The first-order chi connectivity index (χ1) is 19.5. The first-order valence-electron chi connectivity index (χ1n) is 13.9. The first kappa shape index (κ1) is 31.7. The summed E-state index contributed by atoms with van der Waals surface area (Å²) in [4.78, 5) is 29.1. The molecule has 0 fully saturated rings. The summed E-state index contributed by atoms with van der Waals surface area (Å²) < 4.78 is 34.3. The molecule has 0 heterocycles. The van der Waals surface area contributed by atoms with Crippen LogP contribution in [0.5, 0.6) is 5.75 Å². The van der Waals surface area contributed by atoms with E-state index in [0.717, 1.165) is 27.4 Å². The lowest BCUT2D eigenvalue weighted by atomic mass is 10.1. The second kappa shape index (κ2) is 14.2. The van der Waals surface area contributed by atoms with Gasteiger partial charge in [-0.05, 0) is 81.1 Å². The number of aryl methyl sites for hydroxylation is 2. The molecule has 0 aliphatic rings. The average molecular weight is 580 g/mol. The van der Waals surface area contributed by atoms with E-state index in [1.165, 1.54) is 4.90 Å². The molecule has 0 radical (unpaired) electrons. The van der Waals surface area contributed by atoms with E-state index in [4.69, 9.17) is 4.74 Å². The summed E-state index contributed by atoms with van der Waals surface area (Å²) in [5, 5.41) is 2.99. The van der Waals surface area contributed by atoms with Gasteiger partial charge in [0.05, 0.1) is 17.7 Å². The number of nitrogens with zero attached hydrogens (tertiary/aromatic N) is 2. The Labute approximate surface area is 244 Å². The average Bonchev–Trinajstić information content (AvgIpc) is 2.96. The highest BCUT2D eigenvalue weighted by Gasteiger charge is 2.34. The molecule has 0 saturated heterocycles. The summed E-state index contributed by atoms with van der Waals surface area (Å²) >= 11 is 0. The molecular weight excluding hydrogens is 538 g/mol. The van der Waals surface area contributed by atoms with Crippen LogP contribution in [0.1, 0.15) is 50.3 Å². The van der Waals surface area contributed by atoms with Crippen LogP contribution >= 0.6 is 0 Å². The second-order valence-corrected chi connectivity index (χ2v) is 12.1. The number of ether oxygens (including phenoxy) is 1. The van der Waals surface area contributed by atoms with Gasteiger partial charge in [0.25, 0.3) is 10.0 Å². The number of rotatable bonds is 13. The summed E-state index contributed by atoms with van der Waals surface area (Å²) in [5.41, 5.74) is 2.94. The fourth-order valence-electron chi connectivity index (χ4n) is 4.44. The van der Waals surface area contributed by atoms with Gasteiger partial charge in [-0.1, -0.05) is 55.8 Å². The van der Waals surface area contributed by atoms with Gasteiger partial charge < -0.3 is 15.0 Å². The third-order valence-electron chi connectivity index (χ3n) is 7.08. The third-order valence-corrected chi connectivity index (χ3v) is 8.86. The lowest BCUT2D eigenvalue weighted by Gasteiger charge is -2.33. The van der Waals surface area contributed by atoms with E-state index in [-0.39, 0.29) is 23.4 Å². The van der Waals surface area contributed by atoms with Crippen LogP contribution in [-0.4, -0.2) is 50.9 Å². The molecule has 0 aromatic heterocycles. The van der Waals surface area contributed by atoms with Gasteiger partial charge in [0.2, 0.25) is 11.8 Å². The molecule has 9 heteroatoms. The minimum Gasteiger partial charge on any atom is -0.497 e. The van der Waals surface area contributed by atoms with Crippen LogP contribution in [0.2, 0.25) is 0 Å². The summed E-state index contributed by atoms with van der Waals surface area (Å²) in [6.07, 6.45) is 1.10. The van der Waals surface area contributed by atoms with Crippen molar-refractivity contribution >= 4 is 27.5 Å². The normalized spacial score (nSPS) is 12.7. The van der Waals surface area contributed by atoms with E-state index in [2.05, 4.69) is 5.32 Å². The number of amides is 2. The topological polar surface area (TPSA) is 96.0 Å². The highest BCUT2D eigenvalue weighted by molar-refractivity contribution is 7.92. The van der Waals surface area contributed by atoms with Crippen LogP contribution in [0.25, 0.3) is 0 Å². The van der Waals surface area contributed by atoms with E-state index in [1.807, 2.05) is 52.8 Å². The molecule has 0 aliphatic heterocycles. The molecule has 0 saturated carbocycles. The third kappa shape index (κ3) is 8.10. The minimum atomic E-state index is -4.10. The summed E-state index contributed by atoms with van der Waals surface area (Å²) in [7, 11) is -2.53. The van der Waals surface area contributed by atoms with Gasteiger partial charge in [0, 0.05) is 12.6 Å². The Morgan fingerprint density at radius 3 is 2.12 bits per heavy atom. The Bertz CT molecular complexity index is 1420. The van der Waals surface area contributed by atoms with Crippen molar-refractivity contribution in [2.45, 2.75) is 71.0 Å². The van der Waals surface area contributed by atoms with Gasteiger partial charge in [0.1, 0.15) is 18.3 Å². The van der Waals surface area contributed by atoms with E-state index in [0.29, 0.717) is 17.9 Å². The van der Waals surface area contributed by atoms with Gasteiger partial charge in [-0.2, -0.15) is 0 Å². The molecule has 8 nitrogen and oxygen atoms in total. The zero-order valence-electron chi connectivity index (χ0n) is 24.8. The number of anilines is 1. The standard InChI is InChI=1S/C32H41N3O5S/c1-7-25(5)33-32(37)30(8-2)34(21-26-14-16-28(40-6)17-15-26)31(36)22-35(27-11-9-10-24(4)20-27)41(38,39)29-18-12-23(3)13-19-29/h9-20,25,30H,7-8,21-22H2,1-6H3,(H,33,37). The molecule has 2 atom stereocenters. The smallest absolute Gasteiger partial charge is 0.264 e. The second-order valence-electron chi connectivity index (χ2n) is 10.3. The molecule has 2 amide bonds. The zero-order chi connectivity index (χ0) is 30.2. The van der Waals surface area contributed by atoms with E-state index in [1.54, 1.807) is 61.7 Å². The maximum absolute atomic E-state index is 14.1. The molecule has 0 aliphatic carbocycles. The van der Waals surface area contributed by atoms with Crippen molar-refractivity contribution in [3.63, 3.8) is 0 Å². The fourth-order valence-corrected chi connectivity index (χ4v) is 5.84. The van der Waals surface area contributed by atoms with Gasteiger partial charge in [-0.3, -0.25) is 13.9 Å². The van der Waals surface area contributed by atoms with Crippen molar-refractivity contribution in [3.05, 3.63) is 89.5 Å². The lowest BCUT2D eigenvalue weighted by Crippen LogP contribution is -2.53. The van der Waals surface area contributed by atoms with Crippen LogP contribution in [0.15, 0.2) is 77.7 Å². The molecule has 3 aromatic rings. The van der Waals surface area contributed by atoms with Crippen molar-refractivity contribution in [2.24, 2.45) is 0 Å². The Morgan fingerprint density at radius 2 is 1.56 bits per heavy atom. The summed E-state index contributed by atoms with van der Waals surface area (Å²) in [6, 6.07) is 20.0. The Hall–Kier alpha value is -3.85. The van der Waals surface area contributed by atoms with Gasteiger partial charge in [-0.15, -0.1) is 0 Å². The Morgan fingerprint density at radius 1 is 0.902 bits per heavy atom. The number of hydrogen-bond acceptors (Lipinski definition) is 5. The van der Waals surface area contributed by atoms with Crippen molar-refractivity contribution < 1.29 is 22.7 Å². The highest BCUT2D eigenvalue weighted by Crippen LogP contribution is 2.26. The Balaban J connectivity index is 2.05. The molecule has 3 aromatic carbocycles. The molecule has 41 heavy (non-hydrogen) atoms. The van der Waals surface area contributed by atoms with E-state index >= 15 is 0 Å². The summed E-state index contributed by atoms with van der Waals surface area (Å²) in [5.74, 6) is -0.0839. The van der Waals surface area contributed by atoms with Crippen LogP contribution in [-0.2, 0) is 26.2 Å². The van der Waals surface area contributed by atoms with Crippen molar-refractivity contribution in [1.82, 2.24) is 10.2 Å². The van der Waals surface area contributed by atoms with E-state index in [9.17, 15) is 18.0 Å². The number of benzene rings is 3. The van der Waals surface area contributed by atoms with Crippen molar-refractivity contribution in [2.75, 3.05) is 18.0 Å². The molecule has 0 bridgehead atoms. The first-order valence-corrected chi connectivity index (χ1v) is 15.3. The van der Waals surface area contributed by atoms with Crippen molar-refractivity contribution in [1.29, 1.82) is 0 Å². The predicted molar refractivity (Wildman–Crippen MR) is 162 cm³/mol. The maximum Gasteiger partial charge on any atom is 0.264 e. The number of methoxy groups -OCH3 is 1. The highest BCUT2D eigenvalue weighted by atomic mass is 32.2. The molecule has 1 N–H and O–H groups in total. The van der Waals surface area contributed by atoms with Gasteiger partial charge in [-0.25, -0.2) is 8.42 Å².